The molecular formula is C18H22N4OS. The molecule has 126 valence electrons. The Bertz CT molecular complexity index is 700. The van der Waals surface area contributed by atoms with Crippen LogP contribution in [-0.2, 0) is 11.2 Å². The largest absolute Gasteiger partial charge is 0.376 e. The summed E-state index contributed by atoms with van der Waals surface area (Å²) >= 11 is 5.20. The van der Waals surface area contributed by atoms with Gasteiger partial charge in [-0.3, -0.25) is 15.6 Å². The Morgan fingerprint density at radius 2 is 1.75 bits per heavy atom. The number of hydrogen-bond donors (Lipinski definition) is 4. The van der Waals surface area contributed by atoms with E-state index in [-0.39, 0.29) is 12.5 Å². The van der Waals surface area contributed by atoms with Gasteiger partial charge < -0.3 is 10.6 Å². The van der Waals surface area contributed by atoms with Crippen LogP contribution in [0.25, 0.3) is 0 Å². The van der Waals surface area contributed by atoms with E-state index in [1.165, 1.54) is 5.56 Å². The van der Waals surface area contributed by atoms with E-state index >= 15 is 0 Å². The highest BCUT2D eigenvalue weighted by Crippen LogP contribution is 2.14. The summed E-state index contributed by atoms with van der Waals surface area (Å²) in [6.07, 6.45) is 0.901. The van der Waals surface area contributed by atoms with E-state index in [1.54, 1.807) is 0 Å². The van der Waals surface area contributed by atoms with Gasteiger partial charge in [0, 0.05) is 11.4 Å². The van der Waals surface area contributed by atoms with Gasteiger partial charge in [0.1, 0.15) is 0 Å². The molecule has 2 aromatic carbocycles. The number of anilines is 2. The molecule has 0 atom stereocenters. The fourth-order valence-electron chi connectivity index (χ4n) is 2.13. The zero-order chi connectivity index (χ0) is 17.4. The van der Waals surface area contributed by atoms with Gasteiger partial charge in [-0.05, 0) is 49.3 Å². The van der Waals surface area contributed by atoms with Gasteiger partial charge in [-0.15, -0.1) is 0 Å². The zero-order valence-electron chi connectivity index (χ0n) is 13.8. The van der Waals surface area contributed by atoms with E-state index in [2.05, 4.69) is 28.4 Å². The molecule has 1 amide bonds. The summed E-state index contributed by atoms with van der Waals surface area (Å²) in [6, 6.07) is 15.8. The van der Waals surface area contributed by atoms with Gasteiger partial charge in [-0.1, -0.05) is 42.8 Å². The first-order chi connectivity index (χ1) is 11.6. The first-order valence-electron chi connectivity index (χ1n) is 7.82. The molecule has 0 aromatic heterocycles. The van der Waals surface area contributed by atoms with Gasteiger partial charge >= 0.3 is 0 Å². The van der Waals surface area contributed by atoms with Crippen LogP contribution in [0.4, 0.5) is 11.4 Å². The molecule has 0 fully saturated rings. The minimum absolute atomic E-state index is 0.157. The molecule has 0 aliphatic heterocycles. The molecule has 2 rings (SSSR count). The second-order valence-corrected chi connectivity index (χ2v) is 5.77. The van der Waals surface area contributed by atoms with Crippen LogP contribution < -0.4 is 21.5 Å². The quantitative estimate of drug-likeness (QED) is 0.497. The third kappa shape index (κ3) is 5.55. The number of carbonyl (C=O) groups is 1. The van der Waals surface area contributed by atoms with Crippen molar-refractivity contribution in [1.29, 1.82) is 0 Å². The number of carbonyl (C=O) groups excluding carboxylic acids is 1. The van der Waals surface area contributed by atoms with Crippen LogP contribution in [0.3, 0.4) is 0 Å². The molecule has 0 unspecified atom stereocenters. The predicted molar refractivity (Wildman–Crippen MR) is 103 cm³/mol. The lowest BCUT2D eigenvalue weighted by atomic mass is 10.1. The van der Waals surface area contributed by atoms with Crippen molar-refractivity contribution in [3.05, 3.63) is 59.7 Å². The van der Waals surface area contributed by atoms with Gasteiger partial charge in [-0.2, -0.15) is 0 Å². The van der Waals surface area contributed by atoms with Crippen LogP contribution in [0, 0.1) is 6.92 Å². The molecule has 0 saturated carbocycles. The first kappa shape index (κ1) is 17.7. The van der Waals surface area contributed by atoms with E-state index in [1.807, 2.05) is 55.5 Å². The van der Waals surface area contributed by atoms with Crippen molar-refractivity contribution in [2.45, 2.75) is 20.3 Å². The Balaban J connectivity index is 1.74. The molecule has 6 heteroatoms. The van der Waals surface area contributed by atoms with Crippen molar-refractivity contribution in [3.63, 3.8) is 0 Å². The summed E-state index contributed by atoms with van der Waals surface area (Å²) in [7, 11) is 0. The first-order valence-corrected chi connectivity index (χ1v) is 8.23. The number of amides is 1. The average molecular weight is 342 g/mol. The highest BCUT2D eigenvalue weighted by Gasteiger charge is 2.04. The lowest BCUT2D eigenvalue weighted by Crippen LogP contribution is -2.46. The van der Waals surface area contributed by atoms with Crippen LogP contribution in [0.2, 0.25) is 0 Å². The molecule has 2 aromatic rings. The minimum atomic E-state index is -0.205. The second-order valence-electron chi connectivity index (χ2n) is 5.36. The van der Waals surface area contributed by atoms with E-state index in [0.717, 1.165) is 23.4 Å². The lowest BCUT2D eigenvalue weighted by molar-refractivity contribution is -0.119. The van der Waals surface area contributed by atoms with E-state index in [4.69, 9.17) is 12.2 Å². The van der Waals surface area contributed by atoms with Crippen LogP contribution >= 0.6 is 12.2 Å². The Hall–Kier alpha value is -2.60. The minimum Gasteiger partial charge on any atom is -0.376 e. The Kier molecular flexibility index (Phi) is 6.57. The maximum absolute atomic E-state index is 11.8. The monoisotopic (exact) mass is 342 g/mol. The number of benzene rings is 2. The van der Waals surface area contributed by atoms with Crippen molar-refractivity contribution in [3.8, 4) is 0 Å². The molecule has 4 N–H and O–H groups in total. The molecule has 0 heterocycles. The fourth-order valence-corrected chi connectivity index (χ4v) is 2.29. The number of aryl methyl sites for hydroxylation is 2. The number of para-hydroxylation sites is 1. The normalized spacial score (nSPS) is 9.92. The van der Waals surface area contributed by atoms with Crippen molar-refractivity contribution in [2.24, 2.45) is 0 Å². The maximum atomic E-state index is 11.8. The van der Waals surface area contributed by atoms with Gasteiger partial charge in [-0.25, -0.2) is 0 Å². The molecule has 24 heavy (non-hydrogen) atoms. The smallest absolute Gasteiger partial charge is 0.257 e. The Morgan fingerprint density at radius 3 is 2.46 bits per heavy atom. The SMILES string of the molecule is CCc1ccccc1NC(=S)NNC(=O)CNc1ccc(C)cc1. The number of hydrogen-bond acceptors (Lipinski definition) is 3. The molecule has 0 saturated heterocycles. The molecule has 0 aliphatic rings. The van der Waals surface area contributed by atoms with Crippen LogP contribution in [-0.4, -0.2) is 17.6 Å². The second kappa shape index (κ2) is 8.88. The van der Waals surface area contributed by atoms with Crippen molar-refractivity contribution < 1.29 is 4.79 Å². The van der Waals surface area contributed by atoms with E-state index in [0.29, 0.717) is 5.11 Å². The molecule has 0 bridgehead atoms. The standard InChI is InChI=1S/C18H22N4OS/c1-3-14-6-4-5-7-16(14)20-18(24)22-21-17(23)12-19-15-10-8-13(2)9-11-15/h4-11,19H,3,12H2,1-2H3,(H,21,23)(H2,20,22,24). The summed E-state index contributed by atoms with van der Waals surface area (Å²) in [6.45, 7) is 4.25. The van der Waals surface area contributed by atoms with Crippen LogP contribution in [0.15, 0.2) is 48.5 Å². The van der Waals surface area contributed by atoms with Crippen molar-refractivity contribution in [1.82, 2.24) is 10.9 Å². The molecule has 0 aliphatic carbocycles. The summed E-state index contributed by atoms with van der Waals surface area (Å²) in [4.78, 5) is 11.8. The van der Waals surface area contributed by atoms with Crippen LogP contribution in [0.5, 0.6) is 0 Å². The third-order valence-corrected chi connectivity index (χ3v) is 3.67. The molecule has 5 nitrogen and oxygen atoms in total. The number of thiocarbonyl (C=S) groups is 1. The summed E-state index contributed by atoms with van der Waals surface area (Å²) in [5.41, 5.74) is 9.44. The Morgan fingerprint density at radius 1 is 1.04 bits per heavy atom. The summed E-state index contributed by atoms with van der Waals surface area (Å²) < 4.78 is 0. The predicted octanol–water partition coefficient (Wildman–Crippen LogP) is 2.99. The van der Waals surface area contributed by atoms with Gasteiger partial charge in [0.2, 0.25) is 0 Å². The number of hydrazine groups is 1. The summed E-state index contributed by atoms with van der Waals surface area (Å²) in [5.74, 6) is -0.205. The third-order valence-electron chi connectivity index (χ3n) is 3.47. The fraction of sp³-hybridized carbons (Fsp3) is 0.222. The highest BCUT2D eigenvalue weighted by molar-refractivity contribution is 7.80. The van der Waals surface area contributed by atoms with Gasteiger partial charge in [0.15, 0.2) is 5.11 Å². The molecular weight excluding hydrogens is 320 g/mol. The van der Waals surface area contributed by atoms with Gasteiger partial charge in [0.05, 0.1) is 6.54 Å². The zero-order valence-corrected chi connectivity index (χ0v) is 14.7. The highest BCUT2D eigenvalue weighted by atomic mass is 32.1. The molecule has 0 spiro atoms. The topological polar surface area (TPSA) is 65.2 Å². The van der Waals surface area contributed by atoms with Crippen molar-refractivity contribution in [2.75, 3.05) is 17.2 Å². The van der Waals surface area contributed by atoms with Crippen molar-refractivity contribution >= 4 is 34.6 Å². The Labute approximate surface area is 147 Å². The lowest BCUT2D eigenvalue weighted by Gasteiger charge is -2.14. The maximum Gasteiger partial charge on any atom is 0.257 e. The van der Waals surface area contributed by atoms with Gasteiger partial charge in [0.25, 0.3) is 5.91 Å². The number of rotatable bonds is 5. The number of nitrogens with one attached hydrogen (secondary N) is 4. The van der Waals surface area contributed by atoms with Crippen LogP contribution in [0.1, 0.15) is 18.1 Å². The average Bonchev–Trinajstić information content (AvgIpc) is 2.60. The van der Waals surface area contributed by atoms with E-state index in [9.17, 15) is 4.79 Å². The van der Waals surface area contributed by atoms with E-state index < -0.39 is 0 Å². The molecule has 0 radical (unpaired) electrons. The summed E-state index contributed by atoms with van der Waals surface area (Å²) in [5, 5.41) is 6.48.